The van der Waals surface area contributed by atoms with Crippen molar-refractivity contribution >= 4 is 5.69 Å². The van der Waals surface area contributed by atoms with Gasteiger partial charge in [0.25, 0.3) is 0 Å². The van der Waals surface area contributed by atoms with Crippen molar-refractivity contribution in [2.45, 2.75) is 46.1 Å². The average Bonchev–Trinajstić information content (AvgIpc) is 2.45. The Morgan fingerprint density at radius 2 is 1.79 bits per heavy atom. The lowest BCUT2D eigenvalue weighted by Crippen LogP contribution is -2.21. The highest BCUT2D eigenvalue weighted by Crippen LogP contribution is 2.19. The van der Waals surface area contributed by atoms with Gasteiger partial charge in [0.15, 0.2) is 0 Å². The maximum atomic E-state index is 9.02. The van der Waals surface area contributed by atoms with E-state index in [1.54, 1.807) is 12.1 Å². The van der Waals surface area contributed by atoms with Gasteiger partial charge in [-0.3, -0.25) is 0 Å². The van der Waals surface area contributed by atoms with Crippen LogP contribution in [0.25, 0.3) is 0 Å². The van der Waals surface area contributed by atoms with Crippen LogP contribution in [0.1, 0.15) is 51.2 Å². The minimum absolute atomic E-state index is 0.412. The molecule has 0 aliphatic heterocycles. The second-order valence-electron chi connectivity index (χ2n) is 4.98. The minimum atomic E-state index is 0.412. The Hall–Kier alpha value is -2.00. The van der Waals surface area contributed by atoms with Crippen LogP contribution in [-0.4, -0.2) is 6.04 Å². The standard InChI is InChI=1S/C16H21N3/c1-4-12(3)8-15(5-2)19-16-7-6-13(10-17)14(9-16)11-18/h6-7,9,12,15,19H,4-5,8H2,1-3H3. The highest BCUT2D eigenvalue weighted by molar-refractivity contribution is 5.56. The van der Waals surface area contributed by atoms with E-state index in [2.05, 4.69) is 32.2 Å². The predicted octanol–water partition coefficient (Wildman–Crippen LogP) is 4.06. The Bertz CT molecular complexity index is 494. The fraction of sp³-hybridized carbons (Fsp3) is 0.500. The van der Waals surface area contributed by atoms with E-state index < -0.39 is 0 Å². The van der Waals surface area contributed by atoms with Crippen LogP contribution in [0.2, 0.25) is 0 Å². The molecule has 1 aromatic carbocycles. The number of hydrogen-bond acceptors (Lipinski definition) is 3. The molecule has 2 atom stereocenters. The van der Waals surface area contributed by atoms with Gasteiger partial charge in [0.05, 0.1) is 11.1 Å². The Balaban J connectivity index is 2.81. The van der Waals surface area contributed by atoms with E-state index in [1.807, 2.05) is 12.1 Å². The van der Waals surface area contributed by atoms with Crippen LogP contribution in [0.15, 0.2) is 18.2 Å². The summed E-state index contributed by atoms with van der Waals surface area (Å²) in [5, 5.41) is 21.4. The molecule has 0 amide bonds. The maximum absolute atomic E-state index is 9.02. The fourth-order valence-electron chi connectivity index (χ4n) is 2.04. The normalized spacial score (nSPS) is 13.1. The SMILES string of the molecule is CCC(C)CC(CC)Nc1ccc(C#N)c(C#N)c1. The third-order valence-electron chi connectivity index (χ3n) is 3.51. The van der Waals surface area contributed by atoms with Crippen molar-refractivity contribution in [3.63, 3.8) is 0 Å². The molecular weight excluding hydrogens is 234 g/mol. The lowest BCUT2D eigenvalue weighted by molar-refractivity contribution is 0.462. The summed E-state index contributed by atoms with van der Waals surface area (Å²) in [6.07, 6.45) is 3.34. The molecule has 1 N–H and O–H groups in total. The molecule has 0 bridgehead atoms. The molecule has 0 fully saturated rings. The maximum Gasteiger partial charge on any atom is 0.101 e. The Morgan fingerprint density at radius 1 is 1.11 bits per heavy atom. The first-order valence-electron chi connectivity index (χ1n) is 6.85. The van der Waals surface area contributed by atoms with Gasteiger partial charge in [-0.2, -0.15) is 10.5 Å². The third-order valence-corrected chi connectivity index (χ3v) is 3.51. The van der Waals surface area contributed by atoms with Crippen molar-refractivity contribution in [1.82, 2.24) is 0 Å². The number of nitrogens with zero attached hydrogens (tertiary/aromatic N) is 2. The summed E-state index contributed by atoms with van der Waals surface area (Å²) < 4.78 is 0. The van der Waals surface area contributed by atoms with Crippen molar-refractivity contribution in [1.29, 1.82) is 10.5 Å². The smallest absolute Gasteiger partial charge is 0.101 e. The molecule has 2 unspecified atom stereocenters. The van der Waals surface area contributed by atoms with Gasteiger partial charge in [-0.05, 0) is 37.0 Å². The van der Waals surface area contributed by atoms with Gasteiger partial charge < -0.3 is 5.32 Å². The quantitative estimate of drug-likeness (QED) is 0.834. The molecule has 0 aliphatic carbocycles. The van der Waals surface area contributed by atoms with E-state index in [9.17, 15) is 0 Å². The first-order chi connectivity index (χ1) is 9.14. The summed E-state index contributed by atoms with van der Waals surface area (Å²) in [6.45, 7) is 6.62. The fourth-order valence-corrected chi connectivity index (χ4v) is 2.04. The zero-order valence-corrected chi connectivity index (χ0v) is 11.9. The number of benzene rings is 1. The number of rotatable bonds is 6. The third kappa shape index (κ3) is 4.30. The highest BCUT2D eigenvalue weighted by Gasteiger charge is 2.11. The lowest BCUT2D eigenvalue weighted by atomic mass is 9.97. The lowest BCUT2D eigenvalue weighted by Gasteiger charge is -2.21. The van der Waals surface area contributed by atoms with Crippen molar-refractivity contribution in [3.05, 3.63) is 29.3 Å². The van der Waals surface area contributed by atoms with E-state index in [0.717, 1.165) is 18.5 Å². The molecule has 0 aromatic heterocycles. The molecule has 0 spiro atoms. The molecule has 1 rings (SSSR count). The number of nitrogens with one attached hydrogen (secondary N) is 1. The van der Waals surface area contributed by atoms with Crippen molar-refractivity contribution in [2.75, 3.05) is 5.32 Å². The number of nitriles is 2. The van der Waals surface area contributed by atoms with E-state index in [0.29, 0.717) is 23.1 Å². The molecule has 1 aromatic rings. The molecule has 0 saturated heterocycles. The monoisotopic (exact) mass is 255 g/mol. The molecular formula is C16H21N3. The largest absolute Gasteiger partial charge is 0.382 e. The van der Waals surface area contributed by atoms with Crippen molar-refractivity contribution in [2.24, 2.45) is 5.92 Å². The van der Waals surface area contributed by atoms with Gasteiger partial charge in [0.1, 0.15) is 12.1 Å². The van der Waals surface area contributed by atoms with Gasteiger partial charge in [0, 0.05) is 11.7 Å². The second-order valence-corrected chi connectivity index (χ2v) is 4.98. The zero-order chi connectivity index (χ0) is 14.3. The minimum Gasteiger partial charge on any atom is -0.382 e. The molecule has 3 nitrogen and oxygen atoms in total. The summed E-state index contributed by atoms with van der Waals surface area (Å²) in [6, 6.07) is 9.85. The van der Waals surface area contributed by atoms with E-state index in [4.69, 9.17) is 10.5 Å². The Labute approximate surface area is 115 Å². The number of hydrogen-bond donors (Lipinski definition) is 1. The van der Waals surface area contributed by atoms with Gasteiger partial charge in [-0.1, -0.05) is 27.2 Å². The van der Waals surface area contributed by atoms with Gasteiger partial charge >= 0.3 is 0 Å². The first kappa shape index (κ1) is 15.1. The van der Waals surface area contributed by atoms with Crippen LogP contribution in [0.3, 0.4) is 0 Å². The molecule has 3 heteroatoms. The highest BCUT2D eigenvalue weighted by atomic mass is 14.9. The van der Waals surface area contributed by atoms with E-state index >= 15 is 0 Å². The molecule has 0 saturated carbocycles. The van der Waals surface area contributed by atoms with Gasteiger partial charge in [-0.25, -0.2) is 0 Å². The molecule has 100 valence electrons. The van der Waals surface area contributed by atoms with Crippen LogP contribution in [-0.2, 0) is 0 Å². The van der Waals surface area contributed by atoms with Crippen molar-refractivity contribution < 1.29 is 0 Å². The van der Waals surface area contributed by atoms with Crippen LogP contribution in [0.4, 0.5) is 5.69 Å². The Kier molecular flexibility index (Phi) is 5.90. The summed E-state index contributed by atoms with van der Waals surface area (Å²) in [5.41, 5.74) is 1.79. The molecule has 0 radical (unpaired) electrons. The zero-order valence-electron chi connectivity index (χ0n) is 11.9. The molecule has 19 heavy (non-hydrogen) atoms. The van der Waals surface area contributed by atoms with Crippen LogP contribution in [0.5, 0.6) is 0 Å². The van der Waals surface area contributed by atoms with Crippen LogP contribution >= 0.6 is 0 Å². The summed E-state index contributed by atoms with van der Waals surface area (Å²) in [5.74, 6) is 0.686. The second kappa shape index (κ2) is 7.44. The Morgan fingerprint density at radius 3 is 2.32 bits per heavy atom. The van der Waals surface area contributed by atoms with Crippen LogP contribution in [0, 0.1) is 28.6 Å². The van der Waals surface area contributed by atoms with E-state index in [1.165, 1.54) is 6.42 Å². The van der Waals surface area contributed by atoms with Crippen LogP contribution < -0.4 is 5.32 Å². The predicted molar refractivity (Wildman–Crippen MR) is 77.6 cm³/mol. The van der Waals surface area contributed by atoms with Gasteiger partial charge in [0.2, 0.25) is 0 Å². The summed E-state index contributed by atoms with van der Waals surface area (Å²) in [7, 11) is 0. The number of anilines is 1. The average molecular weight is 255 g/mol. The van der Waals surface area contributed by atoms with Gasteiger partial charge in [-0.15, -0.1) is 0 Å². The first-order valence-corrected chi connectivity index (χ1v) is 6.85. The topological polar surface area (TPSA) is 59.6 Å². The van der Waals surface area contributed by atoms with Crippen molar-refractivity contribution in [3.8, 4) is 12.1 Å². The van der Waals surface area contributed by atoms with E-state index in [-0.39, 0.29) is 0 Å². The summed E-state index contributed by atoms with van der Waals surface area (Å²) in [4.78, 5) is 0. The molecule has 0 heterocycles. The molecule has 0 aliphatic rings. The summed E-state index contributed by atoms with van der Waals surface area (Å²) >= 11 is 0.